The largest absolute Gasteiger partial charge is 0.416 e. The lowest BCUT2D eigenvalue weighted by Gasteiger charge is -2.32. The fourth-order valence-corrected chi connectivity index (χ4v) is 4.01. The van der Waals surface area contributed by atoms with Gasteiger partial charge in [0.05, 0.1) is 11.3 Å². The lowest BCUT2D eigenvalue weighted by Crippen LogP contribution is -2.43. The van der Waals surface area contributed by atoms with Crippen molar-refractivity contribution in [2.75, 3.05) is 38.5 Å². The van der Waals surface area contributed by atoms with E-state index in [0.29, 0.717) is 22.8 Å². The molecule has 0 unspecified atom stereocenters. The van der Waals surface area contributed by atoms with Crippen LogP contribution in [-0.2, 0) is 12.7 Å². The van der Waals surface area contributed by atoms with Crippen molar-refractivity contribution in [2.45, 2.75) is 19.6 Å². The lowest BCUT2D eigenvalue weighted by molar-refractivity contribution is -0.137. The summed E-state index contributed by atoms with van der Waals surface area (Å²) in [5.74, 6) is 0.302. The van der Waals surface area contributed by atoms with E-state index in [9.17, 15) is 13.2 Å². The van der Waals surface area contributed by atoms with E-state index in [4.69, 9.17) is 11.6 Å². The zero-order chi connectivity index (χ0) is 23.6. The van der Waals surface area contributed by atoms with Gasteiger partial charge in [-0.15, -0.1) is 0 Å². The highest BCUT2D eigenvalue weighted by Gasteiger charge is 2.31. The Hall–Kier alpha value is -2.68. The number of likely N-dealkylation sites (N-methyl/N-ethyl adjacent to an activating group) is 1. The van der Waals surface area contributed by atoms with Crippen molar-refractivity contribution in [1.29, 1.82) is 0 Å². The molecule has 1 aliphatic heterocycles. The van der Waals surface area contributed by atoms with Gasteiger partial charge in [-0.3, -0.25) is 4.90 Å². The number of aryl methyl sites for hydroxylation is 1. The van der Waals surface area contributed by atoms with Crippen LogP contribution in [0.2, 0.25) is 5.02 Å². The van der Waals surface area contributed by atoms with Gasteiger partial charge in [-0.2, -0.15) is 13.2 Å². The number of hydrogen-bond donors (Lipinski definition) is 1. The average molecular weight is 476 g/mol. The maximum atomic E-state index is 13.2. The Labute approximate surface area is 196 Å². The summed E-state index contributed by atoms with van der Waals surface area (Å²) >= 11 is 5.95. The van der Waals surface area contributed by atoms with Crippen LogP contribution >= 0.6 is 11.6 Å². The van der Waals surface area contributed by atoms with Crippen molar-refractivity contribution < 1.29 is 13.2 Å². The zero-order valence-corrected chi connectivity index (χ0v) is 19.2. The first-order chi connectivity index (χ1) is 15.7. The Balaban J connectivity index is 1.50. The smallest absolute Gasteiger partial charge is 0.324 e. The van der Waals surface area contributed by atoms with Gasteiger partial charge in [-0.25, -0.2) is 9.97 Å². The maximum Gasteiger partial charge on any atom is 0.416 e. The zero-order valence-electron chi connectivity index (χ0n) is 18.5. The summed E-state index contributed by atoms with van der Waals surface area (Å²) in [6.07, 6.45) is -2.91. The first-order valence-corrected chi connectivity index (χ1v) is 11.0. The first kappa shape index (κ1) is 23.5. The molecule has 1 N–H and O–H groups in total. The number of halogens is 4. The number of anilines is 2. The fourth-order valence-electron chi connectivity index (χ4n) is 3.77. The van der Waals surface area contributed by atoms with Crippen molar-refractivity contribution in [1.82, 2.24) is 19.8 Å². The molecular weight excluding hydrogens is 451 g/mol. The minimum absolute atomic E-state index is 0.00304. The molecule has 0 spiro atoms. The van der Waals surface area contributed by atoms with Crippen molar-refractivity contribution in [3.8, 4) is 11.3 Å². The highest BCUT2D eigenvalue weighted by molar-refractivity contribution is 6.31. The lowest BCUT2D eigenvalue weighted by atomic mass is 10.0. The summed E-state index contributed by atoms with van der Waals surface area (Å²) < 4.78 is 39.7. The highest BCUT2D eigenvalue weighted by atomic mass is 35.5. The number of rotatable bonds is 5. The van der Waals surface area contributed by atoms with Gasteiger partial charge in [0.15, 0.2) is 0 Å². The van der Waals surface area contributed by atoms with Gasteiger partial charge in [0.2, 0.25) is 5.95 Å². The van der Waals surface area contributed by atoms with Crippen molar-refractivity contribution >= 4 is 23.2 Å². The summed E-state index contributed by atoms with van der Waals surface area (Å²) in [5.41, 5.74) is 2.54. The predicted octanol–water partition coefficient (Wildman–Crippen LogP) is 5.62. The third-order valence-electron chi connectivity index (χ3n) is 5.68. The van der Waals surface area contributed by atoms with E-state index in [1.165, 1.54) is 11.6 Å². The van der Waals surface area contributed by atoms with E-state index in [2.05, 4.69) is 44.3 Å². The van der Waals surface area contributed by atoms with Crippen LogP contribution in [0.1, 0.15) is 16.7 Å². The molecule has 0 amide bonds. The summed E-state index contributed by atoms with van der Waals surface area (Å²) in [5, 5.41) is 3.14. The van der Waals surface area contributed by atoms with Gasteiger partial charge in [0, 0.05) is 55.2 Å². The minimum atomic E-state index is -4.49. The van der Waals surface area contributed by atoms with Gasteiger partial charge in [0.1, 0.15) is 0 Å². The van der Waals surface area contributed by atoms with E-state index in [1.54, 1.807) is 13.1 Å². The summed E-state index contributed by atoms with van der Waals surface area (Å²) in [4.78, 5) is 13.5. The van der Waals surface area contributed by atoms with Crippen LogP contribution in [-0.4, -0.2) is 53.0 Å². The highest BCUT2D eigenvalue weighted by Crippen LogP contribution is 2.35. The minimum Gasteiger partial charge on any atom is -0.324 e. The van der Waals surface area contributed by atoms with Crippen molar-refractivity contribution in [3.63, 3.8) is 0 Å². The molecule has 1 aromatic heterocycles. The molecule has 9 heteroatoms. The number of nitrogens with one attached hydrogen (secondary N) is 1. The predicted molar refractivity (Wildman–Crippen MR) is 125 cm³/mol. The molecule has 174 valence electrons. The van der Waals surface area contributed by atoms with Crippen LogP contribution in [0.5, 0.6) is 0 Å². The molecule has 0 aliphatic carbocycles. The Morgan fingerprint density at radius 3 is 2.39 bits per heavy atom. The number of piperazine rings is 1. The standard InChI is InChI=1S/C24H25ClF3N5/c1-16-14-29-23(31-22(16)18-11-19(24(26,27)28)13-20(25)12-18)30-21-5-3-17(4-6-21)15-33-9-7-32(2)8-10-33/h3-6,11-14H,7-10,15H2,1-2H3,(H,29,30,31). The summed E-state index contributed by atoms with van der Waals surface area (Å²) in [6, 6.07) is 11.5. The molecule has 1 saturated heterocycles. The van der Waals surface area contributed by atoms with Crippen molar-refractivity contribution in [2.24, 2.45) is 0 Å². The van der Waals surface area contributed by atoms with Crippen molar-refractivity contribution in [3.05, 3.63) is 70.4 Å². The van der Waals surface area contributed by atoms with E-state index in [-0.39, 0.29) is 5.02 Å². The van der Waals surface area contributed by atoms with Gasteiger partial charge >= 0.3 is 6.18 Å². The number of hydrogen-bond acceptors (Lipinski definition) is 5. The molecule has 0 radical (unpaired) electrons. The number of benzene rings is 2. The molecule has 4 rings (SSSR count). The van der Waals surface area contributed by atoms with Crippen LogP contribution in [0.15, 0.2) is 48.7 Å². The van der Waals surface area contributed by atoms with Gasteiger partial charge in [-0.1, -0.05) is 23.7 Å². The second-order valence-electron chi connectivity index (χ2n) is 8.35. The Morgan fingerprint density at radius 1 is 1.03 bits per heavy atom. The maximum absolute atomic E-state index is 13.2. The van der Waals surface area contributed by atoms with Gasteiger partial charge in [-0.05, 0) is 55.4 Å². The normalized spacial score (nSPS) is 15.6. The molecule has 1 aliphatic rings. The molecule has 0 bridgehead atoms. The van der Waals surface area contributed by atoms with Crippen LogP contribution in [0.25, 0.3) is 11.3 Å². The molecule has 33 heavy (non-hydrogen) atoms. The second-order valence-corrected chi connectivity index (χ2v) is 8.79. The topological polar surface area (TPSA) is 44.3 Å². The second kappa shape index (κ2) is 9.67. The van der Waals surface area contributed by atoms with E-state index < -0.39 is 11.7 Å². The van der Waals surface area contributed by atoms with Crippen LogP contribution < -0.4 is 5.32 Å². The quantitative estimate of drug-likeness (QED) is 0.519. The monoisotopic (exact) mass is 475 g/mol. The van der Waals surface area contributed by atoms with Crippen LogP contribution in [0.4, 0.5) is 24.8 Å². The van der Waals surface area contributed by atoms with Crippen LogP contribution in [0.3, 0.4) is 0 Å². The molecule has 3 aromatic rings. The Morgan fingerprint density at radius 2 is 1.73 bits per heavy atom. The molecule has 1 fully saturated rings. The summed E-state index contributed by atoms with van der Waals surface area (Å²) in [7, 11) is 2.14. The van der Waals surface area contributed by atoms with E-state index in [0.717, 1.165) is 50.5 Å². The molecule has 0 atom stereocenters. The average Bonchev–Trinajstić information content (AvgIpc) is 2.77. The molecule has 0 saturated carbocycles. The molecule has 2 aromatic carbocycles. The van der Waals surface area contributed by atoms with Crippen LogP contribution in [0, 0.1) is 6.92 Å². The number of alkyl halides is 3. The molecule has 5 nitrogen and oxygen atoms in total. The van der Waals surface area contributed by atoms with E-state index in [1.807, 2.05) is 12.1 Å². The third-order valence-corrected chi connectivity index (χ3v) is 5.90. The fraction of sp³-hybridized carbons (Fsp3) is 0.333. The SMILES string of the molecule is Cc1cnc(Nc2ccc(CN3CCN(C)CC3)cc2)nc1-c1cc(Cl)cc(C(F)(F)F)c1. The Bertz CT molecular complexity index is 1110. The Kier molecular flexibility index (Phi) is 6.88. The first-order valence-electron chi connectivity index (χ1n) is 10.7. The summed E-state index contributed by atoms with van der Waals surface area (Å²) in [6.45, 7) is 6.90. The molecule has 2 heterocycles. The number of nitrogens with zero attached hydrogens (tertiary/aromatic N) is 4. The van der Waals surface area contributed by atoms with E-state index >= 15 is 0 Å². The van der Waals surface area contributed by atoms with Gasteiger partial charge < -0.3 is 10.2 Å². The molecular formula is C24H25ClF3N5. The van der Waals surface area contributed by atoms with Gasteiger partial charge in [0.25, 0.3) is 0 Å². The third kappa shape index (κ3) is 6.01. The number of aromatic nitrogens is 2.